The van der Waals surface area contributed by atoms with Gasteiger partial charge < -0.3 is 15.0 Å². The van der Waals surface area contributed by atoms with E-state index < -0.39 is 0 Å². The van der Waals surface area contributed by atoms with Gasteiger partial charge in [0, 0.05) is 18.5 Å². The highest BCUT2D eigenvalue weighted by molar-refractivity contribution is 4.86. The van der Waals surface area contributed by atoms with Crippen LogP contribution in [0.5, 0.6) is 0 Å². The quantitative estimate of drug-likeness (QED) is 0.813. The first-order valence-electron chi connectivity index (χ1n) is 7.64. The molecule has 0 amide bonds. The molecule has 0 aromatic carbocycles. The van der Waals surface area contributed by atoms with Crippen molar-refractivity contribution in [1.29, 1.82) is 0 Å². The average Bonchev–Trinajstić information content (AvgIpc) is 2.77. The summed E-state index contributed by atoms with van der Waals surface area (Å²) in [5.74, 6) is 0.692. The standard InChI is InChI=1S/C15H30N2O/c1-4-7-16-14-12-18-11-13(14)10-17-8-5-15(2,3)6-9-17/h13-14,16H,4-12H2,1-3H3. The Morgan fingerprint density at radius 2 is 1.94 bits per heavy atom. The number of nitrogens with one attached hydrogen (secondary N) is 1. The summed E-state index contributed by atoms with van der Waals surface area (Å²) in [6.07, 6.45) is 3.89. The van der Waals surface area contributed by atoms with Crippen LogP contribution >= 0.6 is 0 Å². The van der Waals surface area contributed by atoms with Crippen LogP contribution in [0.25, 0.3) is 0 Å². The summed E-state index contributed by atoms with van der Waals surface area (Å²) in [6, 6.07) is 0.583. The van der Waals surface area contributed by atoms with Crippen molar-refractivity contribution in [3.05, 3.63) is 0 Å². The minimum absolute atomic E-state index is 0.558. The third-order valence-electron chi connectivity index (χ3n) is 4.56. The summed E-state index contributed by atoms with van der Waals surface area (Å²) in [5.41, 5.74) is 0.558. The molecule has 0 bridgehead atoms. The van der Waals surface area contributed by atoms with E-state index in [1.54, 1.807) is 0 Å². The molecule has 0 spiro atoms. The van der Waals surface area contributed by atoms with E-state index in [1.165, 1.54) is 38.9 Å². The predicted octanol–water partition coefficient (Wildman–Crippen LogP) is 2.12. The molecule has 2 unspecified atom stereocenters. The number of likely N-dealkylation sites (tertiary alicyclic amines) is 1. The van der Waals surface area contributed by atoms with Crippen LogP contribution in [0.4, 0.5) is 0 Å². The first kappa shape index (κ1) is 14.3. The van der Waals surface area contributed by atoms with Crippen molar-refractivity contribution in [2.24, 2.45) is 11.3 Å². The van der Waals surface area contributed by atoms with E-state index in [4.69, 9.17) is 4.74 Å². The van der Waals surface area contributed by atoms with Crippen LogP contribution in [-0.2, 0) is 4.74 Å². The van der Waals surface area contributed by atoms with Gasteiger partial charge in [0.1, 0.15) is 0 Å². The molecular formula is C15H30N2O. The van der Waals surface area contributed by atoms with Crippen molar-refractivity contribution in [3.8, 4) is 0 Å². The monoisotopic (exact) mass is 254 g/mol. The van der Waals surface area contributed by atoms with Gasteiger partial charge in [0.2, 0.25) is 0 Å². The molecule has 2 aliphatic rings. The first-order valence-corrected chi connectivity index (χ1v) is 7.64. The highest BCUT2D eigenvalue weighted by atomic mass is 16.5. The van der Waals surface area contributed by atoms with E-state index in [0.717, 1.165) is 19.8 Å². The lowest BCUT2D eigenvalue weighted by Gasteiger charge is -2.38. The van der Waals surface area contributed by atoms with Crippen LogP contribution in [0.1, 0.15) is 40.0 Å². The van der Waals surface area contributed by atoms with Gasteiger partial charge in [-0.25, -0.2) is 0 Å². The molecule has 0 saturated carbocycles. The number of rotatable bonds is 5. The highest BCUT2D eigenvalue weighted by Crippen LogP contribution is 2.30. The highest BCUT2D eigenvalue weighted by Gasteiger charge is 2.32. The van der Waals surface area contributed by atoms with Gasteiger partial charge in [-0.3, -0.25) is 0 Å². The molecule has 1 N–H and O–H groups in total. The largest absolute Gasteiger partial charge is 0.379 e. The summed E-state index contributed by atoms with van der Waals surface area (Å²) in [6.45, 7) is 13.8. The molecule has 18 heavy (non-hydrogen) atoms. The molecule has 2 fully saturated rings. The Labute approximate surface area is 112 Å². The molecule has 0 radical (unpaired) electrons. The van der Waals surface area contributed by atoms with Crippen molar-refractivity contribution in [2.75, 3.05) is 39.4 Å². The summed E-state index contributed by atoms with van der Waals surface area (Å²) in [4.78, 5) is 2.64. The summed E-state index contributed by atoms with van der Waals surface area (Å²) < 4.78 is 5.66. The first-order chi connectivity index (χ1) is 8.61. The molecule has 2 heterocycles. The second-order valence-electron chi connectivity index (χ2n) is 6.82. The molecule has 106 valence electrons. The van der Waals surface area contributed by atoms with Crippen LogP contribution in [0.3, 0.4) is 0 Å². The molecule has 2 aliphatic heterocycles. The zero-order valence-corrected chi connectivity index (χ0v) is 12.4. The molecule has 2 atom stereocenters. The van der Waals surface area contributed by atoms with Crippen molar-refractivity contribution in [2.45, 2.75) is 46.1 Å². The van der Waals surface area contributed by atoms with E-state index in [2.05, 4.69) is 31.0 Å². The fourth-order valence-electron chi connectivity index (χ4n) is 3.01. The van der Waals surface area contributed by atoms with Crippen molar-refractivity contribution < 1.29 is 4.74 Å². The molecule has 0 aliphatic carbocycles. The smallest absolute Gasteiger partial charge is 0.0623 e. The van der Waals surface area contributed by atoms with Crippen molar-refractivity contribution in [1.82, 2.24) is 10.2 Å². The average molecular weight is 254 g/mol. The topological polar surface area (TPSA) is 24.5 Å². The molecule has 3 nitrogen and oxygen atoms in total. The van der Waals surface area contributed by atoms with Gasteiger partial charge in [0.25, 0.3) is 0 Å². The molecule has 0 aromatic heterocycles. The molecular weight excluding hydrogens is 224 g/mol. The lowest BCUT2D eigenvalue weighted by molar-refractivity contribution is 0.108. The van der Waals surface area contributed by atoms with Crippen LogP contribution in [0.15, 0.2) is 0 Å². The molecule has 2 saturated heterocycles. The van der Waals surface area contributed by atoms with E-state index in [1.807, 2.05) is 0 Å². The Balaban J connectivity index is 1.75. The zero-order valence-electron chi connectivity index (χ0n) is 12.4. The van der Waals surface area contributed by atoms with E-state index >= 15 is 0 Å². The normalized spacial score (nSPS) is 32.8. The lowest BCUT2D eigenvalue weighted by atomic mass is 9.82. The van der Waals surface area contributed by atoms with Gasteiger partial charge in [0.05, 0.1) is 13.2 Å². The fourth-order valence-corrected chi connectivity index (χ4v) is 3.01. The van der Waals surface area contributed by atoms with Crippen LogP contribution in [-0.4, -0.2) is 50.3 Å². The van der Waals surface area contributed by atoms with Gasteiger partial charge in [-0.2, -0.15) is 0 Å². The Morgan fingerprint density at radius 3 is 2.61 bits per heavy atom. The van der Waals surface area contributed by atoms with Crippen LogP contribution in [0, 0.1) is 11.3 Å². The molecule has 0 aromatic rings. The van der Waals surface area contributed by atoms with Gasteiger partial charge in [0.15, 0.2) is 0 Å². The van der Waals surface area contributed by atoms with Crippen molar-refractivity contribution >= 4 is 0 Å². The number of ether oxygens (including phenoxy) is 1. The molecule has 2 rings (SSSR count). The lowest BCUT2D eigenvalue weighted by Crippen LogP contribution is -2.45. The number of piperidine rings is 1. The minimum Gasteiger partial charge on any atom is -0.379 e. The number of hydrogen-bond donors (Lipinski definition) is 1. The summed E-state index contributed by atoms with van der Waals surface area (Å²) >= 11 is 0. The van der Waals surface area contributed by atoms with E-state index in [9.17, 15) is 0 Å². The Morgan fingerprint density at radius 1 is 1.22 bits per heavy atom. The van der Waals surface area contributed by atoms with Gasteiger partial charge in [-0.1, -0.05) is 20.8 Å². The maximum atomic E-state index is 5.66. The van der Waals surface area contributed by atoms with Crippen LogP contribution in [0.2, 0.25) is 0 Å². The number of nitrogens with zero attached hydrogens (tertiary/aromatic N) is 1. The fraction of sp³-hybridized carbons (Fsp3) is 1.00. The SMILES string of the molecule is CCCNC1COCC1CN1CCC(C)(C)CC1. The molecule has 3 heteroatoms. The third-order valence-corrected chi connectivity index (χ3v) is 4.56. The van der Waals surface area contributed by atoms with E-state index in [-0.39, 0.29) is 0 Å². The van der Waals surface area contributed by atoms with Crippen LogP contribution < -0.4 is 5.32 Å². The maximum Gasteiger partial charge on any atom is 0.0623 e. The second-order valence-corrected chi connectivity index (χ2v) is 6.82. The number of hydrogen-bond acceptors (Lipinski definition) is 3. The minimum atomic E-state index is 0.558. The maximum absolute atomic E-state index is 5.66. The summed E-state index contributed by atoms with van der Waals surface area (Å²) in [5, 5.41) is 3.64. The second kappa shape index (κ2) is 6.36. The van der Waals surface area contributed by atoms with Gasteiger partial charge >= 0.3 is 0 Å². The Kier molecular flexibility index (Phi) is 5.05. The zero-order chi connectivity index (χ0) is 13.0. The van der Waals surface area contributed by atoms with Crippen molar-refractivity contribution in [3.63, 3.8) is 0 Å². The predicted molar refractivity (Wildman–Crippen MR) is 75.8 cm³/mol. The third kappa shape index (κ3) is 3.94. The van der Waals surface area contributed by atoms with E-state index in [0.29, 0.717) is 17.4 Å². The Hall–Kier alpha value is -0.120. The van der Waals surface area contributed by atoms with Gasteiger partial charge in [-0.05, 0) is 44.3 Å². The van der Waals surface area contributed by atoms with Gasteiger partial charge in [-0.15, -0.1) is 0 Å². The summed E-state index contributed by atoms with van der Waals surface area (Å²) in [7, 11) is 0. The Bertz CT molecular complexity index is 245.